The van der Waals surface area contributed by atoms with Gasteiger partial charge in [-0.25, -0.2) is 4.79 Å². The molecule has 0 heterocycles. The summed E-state index contributed by atoms with van der Waals surface area (Å²) in [4.78, 5) is 34.9. The van der Waals surface area contributed by atoms with E-state index in [2.05, 4.69) is 0 Å². The highest BCUT2D eigenvalue weighted by atomic mass is 35.5. The van der Waals surface area contributed by atoms with E-state index in [0.29, 0.717) is 0 Å². The highest BCUT2D eigenvalue weighted by Gasteiger charge is 2.39. The molecule has 0 radical (unpaired) electrons. The molecule has 1 amide bonds. The van der Waals surface area contributed by atoms with Crippen molar-refractivity contribution < 1.29 is 19.6 Å². The van der Waals surface area contributed by atoms with Crippen LogP contribution in [-0.2, 0) is 4.79 Å². The van der Waals surface area contributed by atoms with Crippen LogP contribution in [0.5, 0.6) is 0 Å². The lowest BCUT2D eigenvalue weighted by atomic mass is 10.1. The first-order valence-electron chi connectivity index (χ1n) is 6.32. The van der Waals surface area contributed by atoms with Crippen LogP contribution in [0.15, 0.2) is 18.2 Å². The molecule has 1 aromatic rings. The second kappa shape index (κ2) is 5.69. The molecule has 1 N–H and O–H groups in total. The smallest absolute Gasteiger partial charge is 0.326 e. The summed E-state index contributed by atoms with van der Waals surface area (Å²) in [6, 6.07) is 2.57. The standard InChI is InChI=1S/C13H13ClN2O5/c1-7(13(18)19)15(9-3-4-9)12(17)8-2-5-11(16(20)21)10(14)6-8/h2,5-7,9H,3-4H2,1H3,(H,18,19). The topological polar surface area (TPSA) is 101 Å². The molecule has 1 unspecified atom stereocenters. The number of hydrogen-bond donors (Lipinski definition) is 1. The van der Waals surface area contributed by atoms with Crippen LogP contribution in [0.4, 0.5) is 5.69 Å². The van der Waals surface area contributed by atoms with E-state index in [4.69, 9.17) is 16.7 Å². The summed E-state index contributed by atoms with van der Waals surface area (Å²) < 4.78 is 0. The van der Waals surface area contributed by atoms with Gasteiger partial charge in [-0.1, -0.05) is 11.6 Å². The molecule has 7 nitrogen and oxygen atoms in total. The van der Waals surface area contributed by atoms with E-state index in [0.717, 1.165) is 18.9 Å². The normalized spacial score (nSPS) is 15.3. The van der Waals surface area contributed by atoms with Crippen LogP contribution in [0.25, 0.3) is 0 Å². The van der Waals surface area contributed by atoms with Crippen molar-refractivity contribution in [2.75, 3.05) is 0 Å². The lowest BCUT2D eigenvalue weighted by molar-refractivity contribution is -0.384. The summed E-state index contributed by atoms with van der Waals surface area (Å²) in [7, 11) is 0. The minimum atomic E-state index is -1.09. The third kappa shape index (κ3) is 3.13. The molecule has 0 bridgehead atoms. The number of aliphatic carboxylic acids is 1. The number of amides is 1. The van der Waals surface area contributed by atoms with Crippen molar-refractivity contribution in [3.8, 4) is 0 Å². The molecule has 1 aromatic carbocycles. The van der Waals surface area contributed by atoms with E-state index in [-0.39, 0.29) is 22.3 Å². The molecule has 1 aliphatic rings. The lowest BCUT2D eigenvalue weighted by Crippen LogP contribution is -2.44. The zero-order valence-electron chi connectivity index (χ0n) is 11.2. The number of carbonyl (C=O) groups is 2. The first-order valence-corrected chi connectivity index (χ1v) is 6.70. The molecule has 8 heteroatoms. The molecular formula is C13H13ClN2O5. The van der Waals surface area contributed by atoms with Gasteiger partial charge in [-0.05, 0) is 31.9 Å². The predicted octanol–water partition coefficient (Wildman–Crippen LogP) is 2.33. The molecule has 0 aliphatic heterocycles. The Kier molecular flexibility index (Phi) is 4.13. The highest BCUT2D eigenvalue weighted by molar-refractivity contribution is 6.33. The summed E-state index contributed by atoms with van der Waals surface area (Å²) >= 11 is 5.78. The molecular weight excluding hydrogens is 300 g/mol. The van der Waals surface area contributed by atoms with Crippen LogP contribution in [0, 0.1) is 10.1 Å². The van der Waals surface area contributed by atoms with E-state index in [1.165, 1.54) is 24.0 Å². The number of rotatable bonds is 5. The van der Waals surface area contributed by atoms with Gasteiger partial charge in [0.1, 0.15) is 11.1 Å². The monoisotopic (exact) mass is 312 g/mol. The molecule has 1 atom stereocenters. The fourth-order valence-corrected chi connectivity index (χ4v) is 2.32. The number of carboxylic acid groups (broad SMARTS) is 1. The van der Waals surface area contributed by atoms with Gasteiger partial charge in [0, 0.05) is 17.7 Å². The van der Waals surface area contributed by atoms with Gasteiger partial charge in [-0.3, -0.25) is 14.9 Å². The number of halogens is 1. The minimum absolute atomic E-state index is 0.0995. The van der Waals surface area contributed by atoms with Gasteiger partial charge in [0.15, 0.2) is 0 Å². The van der Waals surface area contributed by atoms with Gasteiger partial charge in [-0.15, -0.1) is 0 Å². The quantitative estimate of drug-likeness (QED) is 0.664. The molecule has 0 saturated heterocycles. The minimum Gasteiger partial charge on any atom is -0.480 e. The zero-order chi connectivity index (χ0) is 15.7. The van der Waals surface area contributed by atoms with Crippen molar-refractivity contribution in [1.29, 1.82) is 0 Å². The van der Waals surface area contributed by atoms with Gasteiger partial charge in [-0.2, -0.15) is 0 Å². The van der Waals surface area contributed by atoms with Gasteiger partial charge in [0.25, 0.3) is 11.6 Å². The highest BCUT2D eigenvalue weighted by Crippen LogP contribution is 2.32. The molecule has 1 saturated carbocycles. The second-order valence-corrected chi connectivity index (χ2v) is 5.29. The van der Waals surface area contributed by atoms with Gasteiger partial charge < -0.3 is 10.0 Å². The van der Waals surface area contributed by atoms with Crippen molar-refractivity contribution in [2.24, 2.45) is 0 Å². The van der Waals surface area contributed by atoms with Crippen LogP contribution < -0.4 is 0 Å². The first-order chi connectivity index (χ1) is 9.82. The Morgan fingerprint density at radius 1 is 1.48 bits per heavy atom. The second-order valence-electron chi connectivity index (χ2n) is 4.88. The summed E-state index contributed by atoms with van der Waals surface area (Å²) in [6.45, 7) is 1.44. The Labute approximate surface area is 125 Å². The SMILES string of the molecule is CC(C(=O)O)N(C(=O)c1ccc([N+](=O)[O-])c(Cl)c1)C1CC1. The van der Waals surface area contributed by atoms with Crippen molar-refractivity contribution in [3.63, 3.8) is 0 Å². The van der Waals surface area contributed by atoms with E-state index in [1.807, 2.05) is 0 Å². The number of carbonyl (C=O) groups excluding carboxylic acids is 1. The van der Waals surface area contributed by atoms with Crippen LogP contribution >= 0.6 is 11.6 Å². The maximum Gasteiger partial charge on any atom is 0.326 e. The van der Waals surface area contributed by atoms with Crippen LogP contribution in [0.2, 0.25) is 5.02 Å². The van der Waals surface area contributed by atoms with E-state index in [1.54, 1.807) is 0 Å². The fraction of sp³-hybridized carbons (Fsp3) is 0.385. The lowest BCUT2D eigenvalue weighted by Gasteiger charge is -2.26. The molecule has 1 aliphatic carbocycles. The van der Waals surface area contributed by atoms with Crippen LogP contribution in [-0.4, -0.2) is 38.9 Å². The molecule has 21 heavy (non-hydrogen) atoms. The summed E-state index contributed by atoms with van der Waals surface area (Å²) in [5, 5.41) is 19.6. The number of nitro groups is 1. The van der Waals surface area contributed by atoms with Gasteiger partial charge >= 0.3 is 5.97 Å². The zero-order valence-corrected chi connectivity index (χ0v) is 11.9. The number of nitrogens with zero attached hydrogens (tertiary/aromatic N) is 2. The Hall–Kier alpha value is -2.15. The molecule has 112 valence electrons. The average molecular weight is 313 g/mol. The fourth-order valence-electron chi connectivity index (χ4n) is 2.07. The largest absolute Gasteiger partial charge is 0.480 e. The van der Waals surface area contributed by atoms with Crippen molar-refractivity contribution in [1.82, 2.24) is 4.90 Å². The van der Waals surface area contributed by atoms with E-state index in [9.17, 15) is 19.7 Å². The Bertz CT molecular complexity index is 615. The summed E-state index contributed by atoms with van der Waals surface area (Å²) in [6.07, 6.45) is 1.51. The van der Waals surface area contributed by atoms with Gasteiger partial charge in [0.2, 0.25) is 0 Å². The average Bonchev–Trinajstić information content (AvgIpc) is 3.22. The summed E-state index contributed by atoms with van der Waals surface area (Å²) in [5.74, 6) is -1.58. The number of nitro benzene ring substituents is 1. The number of carboxylic acids is 1. The van der Waals surface area contributed by atoms with Crippen molar-refractivity contribution >= 4 is 29.2 Å². The molecule has 2 rings (SSSR count). The van der Waals surface area contributed by atoms with Crippen LogP contribution in [0.1, 0.15) is 30.1 Å². The van der Waals surface area contributed by atoms with E-state index >= 15 is 0 Å². The third-order valence-corrected chi connectivity index (χ3v) is 3.64. The van der Waals surface area contributed by atoms with Crippen molar-refractivity contribution in [2.45, 2.75) is 31.8 Å². The van der Waals surface area contributed by atoms with Crippen molar-refractivity contribution in [3.05, 3.63) is 38.9 Å². The third-order valence-electron chi connectivity index (χ3n) is 3.34. The Morgan fingerprint density at radius 3 is 2.52 bits per heavy atom. The van der Waals surface area contributed by atoms with Gasteiger partial charge in [0.05, 0.1) is 4.92 Å². The maximum atomic E-state index is 12.4. The molecule has 0 aromatic heterocycles. The Balaban J connectivity index is 2.31. The molecule has 1 fully saturated rings. The summed E-state index contributed by atoms with van der Waals surface area (Å²) in [5.41, 5.74) is -0.150. The molecule has 0 spiro atoms. The predicted molar refractivity (Wildman–Crippen MR) is 74.4 cm³/mol. The van der Waals surface area contributed by atoms with Crippen LogP contribution in [0.3, 0.4) is 0 Å². The maximum absolute atomic E-state index is 12.4. The van der Waals surface area contributed by atoms with E-state index < -0.39 is 22.8 Å². The Morgan fingerprint density at radius 2 is 2.10 bits per heavy atom. The first kappa shape index (κ1) is 15.2. The number of hydrogen-bond acceptors (Lipinski definition) is 4. The number of benzene rings is 1.